The third kappa shape index (κ3) is 3.47. The van der Waals surface area contributed by atoms with E-state index >= 15 is 0 Å². The molecule has 0 radical (unpaired) electrons. The molecule has 0 spiro atoms. The highest BCUT2D eigenvalue weighted by atomic mass is 19.1. The molecule has 0 saturated carbocycles. The zero-order chi connectivity index (χ0) is 15.6. The van der Waals surface area contributed by atoms with Crippen LogP contribution in [0.4, 0.5) is 8.78 Å². The molecule has 0 saturated heterocycles. The molecule has 0 amide bonds. The van der Waals surface area contributed by atoms with Crippen LogP contribution in [0.2, 0.25) is 0 Å². The normalized spacial score (nSPS) is 12.7. The summed E-state index contributed by atoms with van der Waals surface area (Å²) in [5, 5.41) is 7.87. The smallest absolute Gasteiger partial charge is 0.126 e. The van der Waals surface area contributed by atoms with Gasteiger partial charge in [-0.05, 0) is 45.0 Å². The molecule has 3 nitrogen and oxygen atoms in total. The number of hydrogen-bond acceptors (Lipinski definition) is 2. The van der Waals surface area contributed by atoms with Crippen LogP contribution in [-0.2, 0) is 6.54 Å². The molecule has 114 valence electrons. The van der Waals surface area contributed by atoms with Gasteiger partial charge in [0.2, 0.25) is 0 Å². The van der Waals surface area contributed by atoms with E-state index in [2.05, 4.69) is 24.3 Å². The van der Waals surface area contributed by atoms with Crippen LogP contribution < -0.4 is 5.32 Å². The predicted molar refractivity (Wildman–Crippen MR) is 79.3 cm³/mol. The van der Waals surface area contributed by atoms with Crippen molar-refractivity contribution in [3.05, 3.63) is 52.3 Å². The van der Waals surface area contributed by atoms with Crippen molar-refractivity contribution in [2.45, 2.75) is 40.3 Å². The Bertz CT molecular complexity index is 614. The average molecular weight is 293 g/mol. The van der Waals surface area contributed by atoms with Gasteiger partial charge >= 0.3 is 0 Å². The predicted octanol–water partition coefficient (Wildman–Crippen LogP) is 3.50. The summed E-state index contributed by atoms with van der Waals surface area (Å²) >= 11 is 0. The Labute approximate surface area is 124 Å². The molecule has 2 rings (SSSR count). The molecular formula is C16H21F2N3. The number of hydrogen-bond donors (Lipinski definition) is 1. The monoisotopic (exact) mass is 293 g/mol. The first-order valence-electron chi connectivity index (χ1n) is 7.14. The minimum atomic E-state index is -0.562. The van der Waals surface area contributed by atoms with Gasteiger partial charge in [-0.15, -0.1) is 0 Å². The molecule has 21 heavy (non-hydrogen) atoms. The van der Waals surface area contributed by atoms with Crippen LogP contribution in [0, 0.1) is 25.5 Å². The third-order valence-corrected chi connectivity index (χ3v) is 3.64. The van der Waals surface area contributed by atoms with Gasteiger partial charge in [-0.3, -0.25) is 4.68 Å². The topological polar surface area (TPSA) is 29.9 Å². The van der Waals surface area contributed by atoms with Crippen LogP contribution >= 0.6 is 0 Å². The first kappa shape index (κ1) is 15.6. The SMILES string of the molecule is CCNC(C)c1c(C)nn(Cc2cc(F)cc(F)c2)c1C. The molecule has 0 bridgehead atoms. The number of nitrogens with zero attached hydrogens (tertiary/aromatic N) is 2. The van der Waals surface area contributed by atoms with Crippen LogP contribution in [0.15, 0.2) is 18.2 Å². The second-order valence-electron chi connectivity index (χ2n) is 5.30. The molecule has 1 N–H and O–H groups in total. The number of benzene rings is 1. The molecule has 1 unspecified atom stereocenters. The lowest BCUT2D eigenvalue weighted by atomic mass is 10.1. The summed E-state index contributed by atoms with van der Waals surface area (Å²) in [6.07, 6.45) is 0. The summed E-state index contributed by atoms with van der Waals surface area (Å²) < 4.78 is 28.3. The molecule has 0 aliphatic rings. The number of aromatic nitrogens is 2. The fraction of sp³-hybridized carbons (Fsp3) is 0.438. The molecular weight excluding hydrogens is 272 g/mol. The summed E-state index contributed by atoms with van der Waals surface area (Å²) in [6.45, 7) is 9.33. The first-order chi connectivity index (χ1) is 9.92. The van der Waals surface area contributed by atoms with Crippen LogP contribution in [0.25, 0.3) is 0 Å². The van der Waals surface area contributed by atoms with Crippen molar-refractivity contribution in [2.24, 2.45) is 0 Å². The number of halogens is 2. The maximum atomic E-state index is 13.3. The van der Waals surface area contributed by atoms with Crippen LogP contribution in [-0.4, -0.2) is 16.3 Å². The lowest BCUT2D eigenvalue weighted by Gasteiger charge is -2.13. The number of rotatable bonds is 5. The molecule has 0 aliphatic heterocycles. The van der Waals surface area contributed by atoms with Crippen LogP contribution in [0.5, 0.6) is 0 Å². The van der Waals surface area contributed by atoms with E-state index < -0.39 is 11.6 Å². The highest BCUT2D eigenvalue weighted by Gasteiger charge is 2.17. The van der Waals surface area contributed by atoms with E-state index in [0.717, 1.165) is 29.6 Å². The maximum absolute atomic E-state index is 13.3. The lowest BCUT2D eigenvalue weighted by Crippen LogP contribution is -2.19. The van der Waals surface area contributed by atoms with Crippen LogP contribution in [0.1, 0.15) is 42.4 Å². The molecule has 0 fully saturated rings. The highest BCUT2D eigenvalue weighted by molar-refractivity contribution is 5.29. The third-order valence-electron chi connectivity index (χ3n) is 3.64. The molecule has 1 aromatic carbocycles. The van der Waals surface area contributed by atoms with Gasteiger partial charge in [0, 0.05) is 23.4 Å². The second-order valence-corrected chi connectivity index (χ2v) is 5.30. The van der Waals surface area contributed by atoms with Gasteiger partial charge in [0.25, 0.3) is 0 Å². The van der Waals surface area contributed by atoms with Crippen molar-refractivity contribution < 1.29 is 8.78 Å². The Morgan fingerprint density at radius 1 is 1.19 bits per heavy atom. The maximum Gasteiger partial charge on any atom is 0.126 e. The van der Waals surface area contributed by atoms with E-state index in [1.54, 1.807) is 4.68 Å². The second kappa shape index (κ2) is 6.35. The molecule has 2 aromatic rings. The van der Waals surface area contributed by atoms with Gasteiger partial charge in [0.05, 0.1) is 12.2 Å². The quantitative estimate of drug-likeness (QED) is 0.914. The van der Waals surface area contributed by atoms with E-state index in [1.807, 2.05) is 13.8 Å². The van der Waals surface area contributed by atoms with Crippen molar-refractivity contribution in [3.8, 4) is 0 Å². The van der Waals surface area contributed by atoms with Gasteiger partial charge in [0.15, 0.2) is 0 Å². The van der Waals surface area contributed by atoms with E-state index in [0.29, 0.717) is 12.1 Å². The van der Waals surface area contributed by atoms with Gasteiger partial charge < -0.3 is 5.32 Å². The Balaban J connectivity index is 2.31. The van der Waals surface area contributed by atoms with E-state index in [-0.39, 0.29) is 6.04 Å². The van der Waals surface area contributed by atoms with Gasteiger partial charge in [-0.2, -0.15) is 5.10 Å². The standard InChI is InChI=1S/C16H21F2N3/c1-5-19-10(2)16-11(3)20-21(12(16)4)9-13-6-14(17)8-15(18)7-13/h6-8,10,19H,5,9H2,1-4H3. The van der Waals surface area contributed by atoms with E-state index in [4.69, 9.17) is 0 Å². The minimum Gasteiger partial charge on any atom is -0.310 e. The summed E-state index contributed by atoms with van der Waals surface area (Å²) in [7, 11) is 0. The summed E-state index contributed by atoms with van der Waals surface area (Å²) in [6, 6.07) is 3.76. The average Bonchev–Trinajstić information content (AvgIpc) is 2.63. The van der Waals surface area contributed by atoms with Crippen molar-refractivity contribution in [1.29, 1.82) is 0 Å². The number of nitrogens with one attached hydrogen (secondary N) is 1. The van der Waals surface area contributed by atoms with Gasteiger partial charge in [0.1, 0.15) is 11.6 Å². The Morgan fingerprint density at radius 3 is 2.38 bits per heavy atom. The Hall–Kier alpha value is -1.75. The molecule has 1 heterocycles. The van der Waals surface area contributed by atoms with Gasteiger partial charge in [-0.25, -0.2) is 8.78 Å². The van der Waals surface area contributed by atoms with Gasteiger partial charge in [-0.1, -0.05) is 6.92 Å². The lowest BCUT2D eigenvalue weighted by molar-refractivity contribution is 0.571. The number of aryl methyl sites for hydroxylation is 1. The molecule has 1 aromatic heterocycles. The van der Waals surface area contributed by atoms with Crippen molar-refractivity contribution >= 4 is 0 Å². The largest absolute Gasteiger partial charge is 0.310 e. The van der Waals surface area contributed by atoms with E-state index in [1.165, 1.54) is 12.1 Å². The summed E-state index contributed by atoms with van der Waals surface area (Å²) in [5.74, 6) is -1.12. The van der Waals surface area contributed by atoms with Crippen molar-refractivity contribution in [1.82, 2.24) is 15.1 Å². The minimum absolute atomic E-state index is 0.202. The van der Waals surface area contributed by atoms with Crippen molar-refractivity contribution in [3.63, 3.8) is 0 Å². The highest BCUT2D eigenvalue weighted by Crippen LogP contribution is 2.22. The fourth-order valence-electron chi connectivity index (χ4n) is 2.77. The molecule has 0 aliphatic carbocycles. The van der Waals surface area contributed by atoms with Crippen LogP contribution in [0.3, 0.4) is 0 Å². The fourth-order valence-corrected chi connectivity index (χ4v) is 2.77. The zero-order valence-corrected chi connectivity index (χ0v) is 12.9. The Morgan fingerprint density at radius 2 is 1.81 bits per heavy atom. The zero-order valence-electron chi connectivity index (χ0n) is 12.9. The van der Waals surface area contributed by atoms with Crippen molar-refractivity contribution in [2.75, 3.05) is 6.54 Å². The Kier molecular flexibility index (Phi) is 4.73. The molecule has 1 atom stereocenters. The summed E-state index contributed by atoms with van der Waals surface area (Å²) in [5.41, 5.74) is 3.68. The summed E-state index contributed by atoms with van der Waals surface area (Å²) in [4.78, 5) is 0. The van der Waals surface area contributed by atoms with E-state index in [9.17, 15) is 8.78 Å². The molecule has 5 heteroatoms. The first-order valence-corrected chi connectivity index (χ1v) is 7.14.